The van der Waals surface area contributed by atoms with Crippen LogP contribution in [0.1, 0.15) is 37.7 Å². The number of piperidine rings is 1. The fourth-order valence-electron chi connectivity index (χ4n) is 3.67. The van der Waals surface area contributed by atoms with Crippen LogP contribution in [-0.2, 0) is 16.0 Å². The summed E-state index contributed by atoms with van der Waals surface area (Å²) in [4.78, 5) is 26.3. The van der Waals surface area contributed by atoms with Crippen molar-refractivity contribution in [2.45, 2.75) is 38.5 Å². The molecule has 1 saturated heterocycles. The SMILES string of the molecule is O=C(C1CCC1)N1CCC[C@@](Cc2cccc(Cl)c2)(C(=O)O)C1. The van der Waals surface area contributed by atoms with E-state index in [0.717, 1.165) is 31.2 Å². The number of hydrogen-bond donors (Lipinski definition) is 1. The van der Waals surface area contributed by atoms with E-state index in [9.17, 15) is 14.7 Å². The van der Waals surface area contributed by atoms with E-state index in [2.05, 4.69) is 0 Å². The maximum absolute atomic E-state index is 12.5. The first kappa shape index (κ1) is 16.3. The first-order valence-corrected chi connectivity index (χ1v) is 8.65. The molecule has 1 atom stereocenters. The van der Waals surface area contributed by atoms with Gasteiger partial charge < -0.3 is 10.0 Å². The smallest absolute Gasteiger partial charge is 0.311 e. The van der Waals surface area contributed by atoms with Crippen molar-refractivity contribution in [3.8, 4) is 0 Å². The summed E-state index contributed by atoms with van der Waals surface area (Å²) in [6.45, 7) is 0.990. The van der Waals surface area contributed by atoms with E-state index < -0.39 is 11.4 Å². The average molecular weight is 336 g/mol. The second-order valence-electron chi connectivity index (χ2n) is 6.88. The number of carbonyl (C=O) groups is 2. The zero-order chi connectivity index (χ0) is 16.4. The molecule has 0 aromatic heterocycles. The molecule has 1 N–H and O–H groups in total. The van der Waals surface area contributed by atoms with E-state index >= 15 is 0 Å². The summed E-state index contributed by atoms with van der Waals surface area (Å²) < 4.78 is 0. The zero-order valence-corrected chi connectivity index (χ0v) is 13.9. The molecule has 3 rings (SSSR count). The van der Waals surface area contributed by atoms with Gasteiger partial charge in [-0.05, 0) is 49.8 Å². The number of rotatable bonds is 4. The Bertz CT molecular complexity index is 614. The highest BCUT2D eigenvalue weighted by Crippen LogP contribution is 2.37. The van der Waals surface area contributed by atoms with Crippen molar-refractivity contribution < 1.29 is 14.7 Å². The quantitative estimate of drug-likeness (QED) is 0.917. The molecule has 1 aliphatic heterocycles. The summed E-state index contributed by atoms with van der Waals surface area (Å²) in [5, 5.41) is 10.5. The number of likely N-dealkylation sites (tertiary alicyclic amines) is 1. The van der Waals surface area contributed by atoms with Crippen molar-refractivity contribution in [2.24, 2.45) is 11.3 Å². The van der Waals surface area contributed by atoms with Crippen LogP contribution in [0.4, 0.5) is 0 Å². The highest BCUT2D eigenvalue weighted by molar-refractivity contribution is 6.30. The standard InChI is InChI=1S/C18H22ClNO3/c19-15-7-1-4-13(10-15)11-18(17(22)23)8-3-9-20(12-18)16(21)14-5-2-6-14/h1,4,7,10,14H,2-3,5-6,8-9,11-12H2,(H,22,23)/t18-/m0/s1. The molecule has 0 radical (unpaired) electrons. The van der Waals surface area contributed by atoms with Gasteiger partial charge in [0, 0.05) is 24.0 Å². The largest absolute Gasteiger partial charge is 0.481 e. The van der Waals surface area contributed by atoms with Crippen LogP contribution in [0.15, 0.2) is 24.3 Å². The van der Waals surface area contributed by atoms with Crippen molar-refractivity contribution in [3.63, 3.8) is 0 Å². The Morgan fingerprint density at radius 1 is 1.30 bits per heavy atom. The first-order valence-electron chi connectivity index (χ1n) is 8.27. The molecule has 23 heavy (non-hydrogen) atoms. The number of benzene rings is 1. The van der Waals surface area contributed by atoms with Crippen molar-refractivity contribution >= 4 is 23.5 Å². The van der Waals surface area contributed by atoms with Gasteiger partial charge in [-0.3, -0.25) is 9.59 Å². The second-order valence-corrected chi connectivity index (χ2v) is 7.32. The molecule has 0 spiro atoms. The predicted octanol–water partition coefficient (Wildman–Crippen LogP) is 3.38. The van der Waals surface area contributed by atoms with E-state index in [1.54, 1.807) is 11.0 Å². The fourth-order valence-corrected chi connectivity index (χ4v) is 3.88. The molecule has 4 nitrogen and oxygen atoms in total. The van der Waals surface area contributed by atoms with Crippen LogP contribution in [0.3, 0.4) is 0 Å². The summed E-state index contributed by atoms with van der Waals surface area (Å²) in [6, 6.07) is 7.35. The monoisotopic (exact) mass is 335 g/mol. The molecule has 1 heterocycles. The van der Waals surface area contributed by atoms with E-state index in [0.29, 0.717) is 31.0 Å². The average Bonchev–Trinajstić information content (AvgIpc) is 2.45. The van der Waals surface area contributed by atoms with Gasteiger partial charge >= 0.3 is 5.97 Å². The van der Waals surface area contributed by atoms with Gasteiger partial charge in [-0.1, -0.05) is 30.2 Å². The van der Waals surface area contributed by atoms with Gasteiger partial charge in [0.25, 0.3) is 0 Å². The van der Waals surface area contributed by atoms with E-state index in [-0.39, 0.29) is 11.8 Å². The van der Waals surface area contributed by atoms with Crippen LogP contribution in [0.2, 0.25) is 5.02 Å². The first-order chi connectivity index (χ1) is 11.0. The number of carboxylic acids is 1. The third kappa shape index (κ3) is 3.37. The molecule has 1 saturated carbocycles. The molecule has 1 aromatic carbocycles. The van der Waals surface area contributed by atoms with Gasteiger partial charge in [0.2, 0.25) is 5.91 Å². The van der Waals surface area contributed by atoms with Gasteiger partial charge in [0.05, 0.1) is 5.41 Å². The molecule has 5 heteroatoms. The minimum atomic E-state index is -0.900. The summed E-state index contributed by atoms with van der Waals surface area (Å²) >= 11 is 6.02. The van der Waals surface area contributed by atoms with E-state index in [1.807, 2.05) is 18.2 Å². The Morgan fingerprint density at radius 2 is 2.09 bits per heavy atom. The van der Waals surface area contributed by atoms with E-state index in [1.165, 1.54) is 0 Å². The minimum Gasteiger partial charge on any atom is -0.481 e. The van der Waals surface area contributed by atoms with Crippen LogP contribution < -0.4 is 0 Å². The molecule has 2 fully saturated rings. The predicted molar refractivity (Wildman–Crippen MR) is 88.4 cm³/mol. The maximum atomic E-state index is 12.5. The van der Waals surface area contributed by atoms with Crippen LogP contribution in [-0.4, -0.2) is 35.0 Å². The Morgan fingerprint density at radius 3 is 2.70 bits per heavy atom. The van der Waals surface area contributed by atoms with Crippen molar-refractivity contribution in [1.82, 2.24) is 4.90 Å². The number of nitrogens with zero attached hydrogens (tertiary/aromatic N) is 1. The van der Waals surface area contributed by atoms with Crippen LogP contribution in [0, 0.1) is 11.3 Å². The fraction of sp³-hybridized carbons (Fsp3) is 0.556. The van der Waals surface area contributed by atoms with Crippen LogP contribution >= 0.6 is 11.6 Å². The molecule has 0 bridgehead atoms. The molecule has 2 aliphatic rings. The Balaban J connectivity index is 1.79. The number of amides is 1. The lowest BCUT2D eigenvalue weighted by Gasteiger charge is -2.42. The lowest BCUT2D eigenvalue weighted by molar-refractivity contribution is -0.156. The minimum absolute atomic E-state index is 0.116. The van der Waals surface area contributed by atoms with Gasteiger partial charge in [0.15, 0.2) is 0 Å². The van der Waals surface area contributed by atoms with E-state index in [4.69, 9.17) is 11.6 Å². The second kappa shape index (κ2) is 6.52. The summed E-state index contributed by atoms with van der Waals surface area (Å²) in [5.41, 5.74) is 0.0142. The highest BCUT2D eigenvalue weighted by Gasteiger charge is 2.45. The molecule has 1 amide bonds. The third-order valence-electron chi connectivity index (χ3n) is 5.23. The maximum Gasteiger partial charge on any atom is 0.311 e. The number of hydrogen-bond acceptors (Lipinski definition) is 2. The molecular weight excluding hydrogens is 314 g/mol. The normalized spacial score (nSPS) is 25.0. The van der Waals surface area contributed by atoms with Crippen molar-refractivity contribution in [1.29, 1.82) is 0 Å². The van der Waals surface area contributed by atoms with Gasteiger partial charge in [-0.15, -0.1) is 0 Å². The summed E-state index contributed by atoms with van der Waals surface area (Å²) in [7, 11) is 0. The molecule has 0 unspecified atom stereocenters. The molecule has 124 valence electrons. The van der Waals surface area contributed by atoms with Crippen LogP contribution in [0.25, 0.3) is 0 Å². The lowest BCUT2D eigenvalue weighted by atomic mass is 9.74. The Labute approximate surface area is 141 Å². The zero-order valence-electron chi connectivity index (χ0n) is 13.1. The van der Waals surface area contributed by atoms with Crippen molar-refractivity contribution in [3.05, 3.63) is 34.9 Å². The summed E-state index contributed by atoms with van der Waals surface area (Å²) in [5.74, 6) is -0.554. The number of aliphatic carboxylic acids is 1. The Hall–Kier alpha value is -1.55. The van der Waals surface area contributed by atoms with Gasteiger partial charge in [-0.25, -0.2) is 0 Å². The summed E-state index contributed by atoms with van der Waals surface area (Å²) in [6.07, 6.45) is 4.76. The lowest BCUT2D eigenvalue weighted by Crippen LogP contribution is -2.53. The molecule has 1 aromatic rings. The third-order valence-corrected chi connectivity index (χ3v) is 5.46. The Kier molecular flexibility index (Phi) is 4.62. The highest BCUT2D eigenvalue weighted by atomic mass is 35.5. The number of carboxylic acid groups (broad SMARTS) is 1. The van der Waals surface area contributed by atoms with Gasteiger partial charge in [0.1, 0.15) is 0 Å². The number of carbonyl (C=O) groups excluding carboxylic acids is 1. The van der Waals surface area contributed by atoms with Crippen LogP contribution in [0.5, 0.6) is 0 Å². The molecular formula is C18H22ClNO3. The van der Waals surface area contributed by atoms with Crippen molar-refractivity contribution in [2.75, 3.05) is 13.1 Å². The number of halogens is 1. The van der Waals surface area contributed by atoms with Gasteiger partial charge in [-0.2, -0.15) is 0 Å². The molecule has 1 aliphatic carbocycles. The topological polar surface area (TPSA) is 57.6 Å².